The third-order valence-corrected chi connectivity index (χ3v) is 4.19. The van der Waals surface area contributed by atoms with Gasteiger partial charge >= 0.3 is 5.97 Å². The van der Waals surface area contributed by atoms with Crippen LogP contribution >= 0.6 is 0 Å². The standard InChI is InChI=1S/C21H24N2O4/c1-16(21(26)27-2)14-23(15-18-10-6-7-13-22-18)20(25)12-11-19(24)17-8-4-3-5-9-17/h3-10,13,16H,11-12,14-15H2,1-2H3. The number of carbonyl (C=O) groups excluding carboxylic acids is 3. The number of ether oxygens (including phenoxy) is 1. The number of hydrogen-bond donors (Lipinski definition) is 0. The maximum Gasteiger partial charge on any atom is 0.310 e. The van der Waals surface area contributed by atoms with Gasteiger partial charge in [-0.05, 0) is 12.1 Å². The number of esters is 1. The second-order valence-electron chi connectivity index (χ2n) is 6.31. The Morgan fingerprint density at radius 1 is 1.04 bits per heavy atom. The van der Waals surface area contributed by atoms with Gasteiger partial charge in [-0.3, -0.25) is 19.4 Å². The molecule has 142 valence electrons. The zero-order valence-electron chi connectivity index (χ0n) is 15.6. The van der Waals surface area contributed by atoms with E-state index < -0.39 is 5.92 Å². The molecule has 6 nitrogen and oxygen atoms in total. The summed E-state index contributed by atoms with van der Waals surface area (Å²) in [5, 5.41) is 0. The molecule has 0 bridgehead atoms. The van der Waals surface area contributed by atoms with Crippen LogP contribution in [0.5, 0.6) is 0 Å². The summed E-state index contributed by atoms with van der Waals surface area (Å²) < 4.78 is 4.75. The van der Waals surface area contributed by atoms with Gasteiger partial charge in [0.2, 0.25) is 5.91 Å². The fourth-order valence-electron chi connectivity index (χ4n) is 2.70. The maximum atomic E-state index is 12.7. The lowest BCUT2D eigenvalue weighted by molar-refractivity contribution is -0.146. The quantitative estimate of drug-likeness (QED) is 0.502. The summed E-state index contributed by atoms with van der Waals surface area (Å²) >= 11 is 0. The number of rotatable bonds is 9. The number of pyridine rings is 1. The van der Waals surface area contributed by atoms with Gasteiger partial charge in [0.1, 0.15) is 0 Å². The Balaban J connectivity index is 2.03. The molecule has 27 heavy (non-hydrogen) atoms. The van der Waals surface area contributed by atoms with Crippen LogP contribution in [-0.4, -0.2) is 41.2 Å². The topological polar surface area (TPSA) is 76.6 Å². The highest BCUT2D eigenvalue weighted by Crippen LogP contribution is 2.12. The first-order valence-corrected chi connectivity index (χ1v) is 8.85. The molecule has 0 radical (unpaired) electrons. The van der Waals surface area contributed by atoms with E-state index in [0.29, 0.717) is 5.56 Å². The number of hydrogen-bond acceptors (Lipinski definition) is 5. The van der Waals surface area contributed by atoms with Crippen LogP contribution in [0.2, 0.25) is 0 Å². The van der Waals surface area contributed by atoms with E-state index in [1.807, 2.05) is 18.2 Å². The molecule has 1 heterocycles. The van der Waals surface area contributed by atoms with Crippen molar-refractivity contribution in [2.75, 3.05) is 13.7 Å². The van der Waals surface area contributed by atoms with Crippen LogP contribution in [0.1, 0.15) is 35.8 Å². The predicted octanol–water partition coefficient (Wildman–Crippen LogP) is 2.88. The molecule has 0 spiro atoms. The maximum absolute atomic E-state index is 12.7. The Bertz CT molecular complexity index is 762. The van der Waals surface area contributed by atoms with Crippen molar-refractivity contribution in [2.45, 2.75) is 26.3 Å². The molecule has 1 atom stereocenters. The van der Waals surface area contributed by atoms with Crippen molar-refractivity contribution < 1.29 is 19.1 Å². The lowest BCUT2D eigenvalue weighted by atomic mass is 10.1. The summed E-state index contributed by atoms with van der Waals surface area (Å²) in [6, 6.07) is 14.3. The van der Waals surface area contributed by atoms with E-state index in [2.05, 4.69) is 4.98 Å². The van der Waals surface area contributed by atoms with Crippen LogP contribution in [0.25, 0.3) is 0 Å². The molecule has 2 aromatic rings. The van der Waals surface area contributed by atoms with Gasteiger partial charge in [-0.1, -0.05) is 43.3 Å². The van der Waals surface area contributed by atoms with E-state index in [1.54, 1.807) is 48.4 Å². The molecule has 6 heteroatoms. The first kappa shape index (κ1) is 20.3. The molecule has 0 aliphatic rings. The molecule has 1 amide bonds. The lowest BCUT2D eigenvalue weighted by Gasteiger charge is -2.25. The monoisotopic (exact) mass is 368 g/mol. The van der Waals surface area contributed by atoms with Crippen LogP contribution < -0.4 is 0 Å². The third kappa shape index (κ3) is 6.33. The minimum absolute atomic E-state index is 0.0778. The average molecular weight is 368 g/mol. The normalized spacial score (nSPS) is 11.5. The molecule has 0 saturated carbocycles. The zero-order valence-corrected chi connectivity index (χ0v) is 15.6. The Labute approximate surface area is 159 Å². The van der Waals surface area contributed by atoms with Crippen molar-refractivity contribution in [3.8, 4) is 0 Å². The minimum Gasteiger partial charge on any atom is -0.469 e. The molecule has 0 fully saturated rings. The van der Waals surface area contributed by atoms with Crippen LogP contribution in [0.4, 0.5) is 0 Å². The van der Waals surface area contributed by atoms with Crippen molar-refractivity contribution >= 4 is 17.7 Å². The van der Waals surface area contributed by atoms with E-state index in [0.717, 1.165) is 5.69 Å². The molecule has 0 N–H and O–H groups in total. The van der Waals surface area contributed by atoms with Crippen LogP contribution in [-0.2, 0) is 20.9 Å². The highest BCUT2D eigenvalue weighted by Gasteiger charge is 2.22. The summed E-state index contributed by atoms with van der Waals surface area (Å²) in [6.45, 7) is 2.20. The molecule has 1 aromatic heterocycles. The molecule has 0 saturated heterocycles. The first-order valence-electron chi connectivity index (χ1n) is 8.85. The number of amides is 1. The van der Waals surface area contributed by atoms with Gasteiger partial charge < -0.3 is 9.64 Å². The summed E-state index contributed by atoms with van der Waals surface area (Å²) in [4.78, 5) is 42.5. The number of benzene rings is 1. The van der Waals surface area contributed by atoms with Crippen LogP contribution in [0.3, 0.4) is 0 Å². The molecule has 0 aliphatic carbocycles. The van der Waals surface area contributed by atoms with E-state index >= 15 is 0 Å². The number of Topliss-reactive ketones (excluding diaryl/α,β-unsaturated/α-hetero) is 1. The molecular formula is C21H24N2O4. The average Bonchev–Trinajstić information content (AvgIpc) is 2.71. The number of methoxy groups -OCH3 is 1. The Morgan fingerprint density at radius 3 is 2.37 bits per heavy atom. The Hall–Kier alpha value is -3.02. The number of nitrogens with zero attached hydrogens (tertiary/aromatic N) is 2. The fraction of sp³-hybridized carbons (Fsp3) is 0.333. The van der Waals surface area contributed by atoms with Gasteiger partial charge in [0, 0.05) is 31.1 Å². The van der Waals surface area contributed by atoms with E-state index in [-0.39, 0.29) is 43.6 Å². The molecule has 2 rings (SSSR count). The van der Waals surface area contributed by atoms with E-state index in [9.17, 15) is 14.4 Å². The van der Waals surface area contributed by atoms with Crippen molar-refractivity contribution in [1.82, 2.24) is 9.88 Å². The highest BCUT2D eigenvalue weighted by molar-refractivity contribution is 5.97. The predicted molar refractivity (Wildman–Crippen MR) is 101 cm³/mol. The van der Waals surface area contributed by atoms with Crippen molar-refractivity contribution in [2.24, 2.45) is 5.92 Å². The van der Waals surface area contributed by atoms with Gasteiger partial charge in [-0.15, -0.1) is 0 Å². The van der Waals surface area contributed by atoms with E-state index in [4.69, 9.17) is 4.74 Å². The van der Waals surface area contributed by atoms with Gasteiger partial charge in [-0.2, -0.15) is 0 Å². The van der Waals surface area contributed by atoms with Gasteiger partial charge in [0.25, 0.3) is 0 Å². The fourth-order valence-corrected chi connectivity index (χ4v) is 2.70. The molecular weight excluding hydrogens is 344 g/mol. The highest BCUT2D eigenvalue weighted by atomic mass is 16.5. The second kappa shape index (κ2) is 10.2. The molecule has 0 aliphatic heterocycles. The van der Waals surface area contributed by atoms with Gasteiger partial charge in [0.05, 0.1) is 25.3 Å². The number of ketones is 1. The molecule has 1 aromatic carbocycles. The van der Waals surface area contributed by atoms with Crippen molar-refractivity contribution in [3.05, 3.63) is 66.0 Å². The van der Waals surface area contributed by atoms with Gasteiger partial charge in [0.15, 0.2) is 5.78 Å². The third-order valence-electron chi connectivity index (χ3n) is 4.19. The summed E-state index contributed by atoms with van der Waals surface area (Å²) in [6.07, 6.45) is 1.85. The number of carbonyl (C=O) groups is 3. The smallest absolute Gasteiger partial charge is 0.310 e. The van der Waals surface area contributed by atoms with Crippen molar-refractivity contribution in [3.63, 3.8) is 0 Å². The van der Waals surface area contributed by atoms with Crippen LogP contribution in [0, 0.1) is 5.92 Å². The lowest BCUT2D eigenvalue weighted by Crippen LogP contribution is -2.37. The van der Waals surface area contributed by atoms with E-state index in [1.165, 1.54) is 7.11 Å². The zero-order chi connectivity index (χ0) is 19.6. The Kier molecular flexibility index (Phi) is 7.67. The number of aromatic nitrogens is 1. The first-order chi connectivity index (χ1) is 13.0. The summed E-state index contributed by atoms with van der Waals surface area (Å²) in [7, 11) is 1.32. The SMILES string of the molecule is COC(=O)C(C)CN(Cc1ccccn1)C(=O)CCC(=O)c1ccccc1. The van der Waals surface area contributed by atoms with Gasteiger partial charge in [-0.25, -0.2) is 0 Å². The van der Waals surface area contributed by atoms with Crippen LogP contribution in [0.15, 0.2) is 54.7 Å². The second-order valence-corrected chi connectivity index (χ2v) is 6.31. The molecule has 1 unspecified atom stereocenters. The minimum atomic E-state index is -0.465. The van der Waals surface area contributed by atoms with Crippen molar-refractivity contribution in [1.29, 1.82) is 0 Å². The largest absolute Gasteiger partial charge is 0.469 e. The summed E-state index contributed by atoms with van der Waals surface area (Å²) in [5.41, 5.74) is 1.31. The Morgan fingerprint density at radius 2 is 1.74 bits per heavy atom. The summed E-state index contributed by atoms with van der Waals surface area (Å²) in [5.74, 6) is -1.12.